The molecule has 0 aromatic heterocycles. The molecule has 3 rings (SSSR count). The minimum absolute atomic E-state index is 0.259. The molecule has 2 N–H and O–H groups in total. The molecule has 26 heavy (non-hydrogen) atoms. The summed E-state index contributed by atoms with van der Waals surface area (Å²) in [5.41, 5.74) is 6.48. The van der Waals surface area contributed by atoms with Crippen LogP contribution in [0.15, 0.2) is 59.5 Å². The average molecular weight is 375 g/mol. The van der Waals surface area contributed by atoms with E-state index in [4.69, 9.17) is 5.73 Å². The van der Waals surface area contributed by atoms with Gasteiger partial charge < -0.3 is 5.73 Å². The number of hydrogen-bond donors (Lipinski definition) is 1. The van der Waals surface area contributed by atoms with E-state index in [1.54, 1.807) is 0 Å². The second kappa shape index (κ2) is 7.14. The summed E-state index contributed by atoms with van der Waals surface area (Å²) in [6.45, 7) is 0.983. The predicted octanol–water partition coefficient (Wildman–Crippen LogP) is 2.28. The normalized spacial score (nSPS) is 17.7. The molecule has 1 saturated heterocycles. The molecule has 0 radical (unpaired) electrons. The molecule has 0 saturated carbocycles. The molecule has 7 nitrogen and oxygen atoms in total. The zero-order chi connectivity index (χ0) is 18.8. The van der Waals surface area contributed by atoms with Crippen LogP contribution in [0, 0.1) is 10.1 Å². The summed E-state index contributed by atoms with van der Waals surface area (Å²) in [5, 5.41) is 11.2. The highest BCUT2D eigenvalue weighted by Crippen LogP contribution is 2.37. The van der Waals surface area contributed by atoms with Crippen molar-refractivity contribution in [3.05, 3.63) is 70.3 Å². The topological polar surface area (TPSA) is 107 Å². The quantitative estimate of drug-likeness (QED) is 0.637. The third-order valence-corrected chi connectivity index (χ3v) is 7.08. The number of sulfonamides is 1. The lowest BCUT2D eigenvalue weighted by Gasteiger charge is -2.41. The van der Waals surface area contributed by atoms with Crippen LogP contribution in [0.3, 0.4) is 0 Å². The molecule has 8 heteroatoms. The number of hydrogen-bond acceptors (Lipinski definition) is 5. The van der Waals surface area contributed by atoms with Gasteiger partial charge in [-0.2, -0.15) is 4.31 Å². The Morgan fingerprint density at radius 1 is 1.04 bits per heavy atom. The molecule has 1 fully saturated rings. The van der Waals surface area contributed by atoms with Crippen molar-refractivity contribution in [1.29, 1.82) is 0 Å². The number of nitro benzene ring substituents is 1. The Morgan fingerprint density at radius 2 is 1.62 bits per heavy atom. The second-order valence-electron chi connectivity index (χ2n) is 6.48. The van der Waals surface area contributed by atoms with Gasteiger partial charge in [-0.25, -0.2) is 8.42 Å². The van der Waals surface area contributed by atoms with Gasteiger partial charge in [-0.05, 0) is 24.5 Å². The Kier molecular flexibility index (Phi) is 5.08. The molecule has 1 aliphatic rings. The van der Waals surface area contributed by atoms with E-state index in [1.165, 1.54) is 28.6 Å². The van der Waals surface area contributed by atoms with Crippen molar-refractivity contribution in [1.82, 2.24) is 4.31 Å². The van der Waals surface area contributed by atoms with E-state index in [1.807, 2.05) is 30.3 Å². The SMILES string of the molecule is NCC1(c2ccccc2)CCN(S(=O)(=O)c2ccccc2[N+](=O)[O-])CC1. The first-order valence-electron chi connectivity index (χ1n) is 8.40. The molecule has 138 valence electrons. The van der Waals surface area contributed by atoms with Gasteiger partial charge in [0.25, 0.3) is 5.69 Å². The average Bonchev–Trinajstić information content (AvgIpc) is 2.68. The van der Waals surface area contributed by atoms with E-state index in [0.717, 1.165) is 5.56 Å². The van der Waals surface area contributed by atoms with Gasteiger partial charge in [0.05, 0.1) is 4.92 Å². The summed E-state index contributed by atoms with van der Waals surface area (Å²) in [6, 6.07) is 15.3. The third-order valence-electron chi connectivity index (χ3n) is 5.14. The van der Waals surface area contributed by atoms with Crippen LogP contribution < -0.4 is 5.73 Å². The van der Waals surface area contributed by atoms with Crippen molar-refractivity contribution in [2.75, 3.05) is 19.6 Å². The fourth-order valence-corrected chi connectivity index (χ4v) is 5.12. The molecule has 0 amide bonds. The number of nitro groups is 1. The summed E-state index contributed by atoms with van der Waals surface area (Å²) < 4.78 is 27.2. The standard InChI is InChI=1S/C18H21N3O4S/c19-14-18(15-6-2-1-3-7-15)10-12-20(13-11-18)26(24,25)17-9-5-4-8-16(17)21(22)23/h1-9H,10-14,19H2. The Labute approximate surface area is 152 Å². The molecule has 2 aromatic rings. The summed E-state index contributed by atoms with van der Waals surface area (Å²) in [5.74, 6) is 0. The molecular weight excluding hydrogens is 354 g/mol. The number of piperidine rings is 1. The molecule has 0 bridgehead atoms. The first kappa shape index (κ1) is 18.5. The lowest BCUT2D eigenvalue weighted by atomic mass is 9.73. The van der Waals surface area contributed by atoms with E-state index >= 15 is 0 Å². The molecule has 0 spiro atoms. The first-order valence-corrected chi connectivity index (χ1v) is 9.84. The van der Waals surface area contributed by atoms with Gasteiger partial charge in [-0.15, -0.1) is 0 Å². The largest absolute Gasteiger partial charge is 0.330 e. The summed E-state index contributed by atoms with van der Waals surface area (Å²) in [4.78, 5) is 10.3. The minimum atomic E-state index is -3.93. The van der Waals surface area contributed by atoms with Gasteiger partial charge in [-0.1, -0.05) is 42.5 Å². The van der Waals surface area contributed by atoms with Crippen molar-refractivity contribution >= 4 is 15.7 Å². The Morgan fingerprint density at radius 3 is 2.19 bits per heavy atom. The van der Waals surface area contributed by atoms with Crippen LogP contribution in [-0.4, -0.2) is 37.3 Å². The molecule has 0 aliphatic carbocycles. The smallest absolute Gasteiger partial charge is 0.289 e. The monoisotopic (exact) mass is 375 g/mol. The highest BCUT2D eigenvalue weighted by molar-refractivity contribution is 7.89. The lowest BCUT2D eigenvalue weighted by Crippen LogP contribution is -2.48. The maximum absolute atomic E-state index is 12.9. The molecule has 0 atom stereocenters. The summed E-state index contributed by atoms with van der Waals surface area (Å²) in [6.07, 6.45) is 1.15. The van der Waals surface area contributed by atoms with Crippen LogP contribution in [0.25, 0.3) is 0 Å². The predicted molar refractivity (Wildman–Crippen MR) is 98.3 cm³/mol. The Bertz CT molecular complexity index is 892. The molecule has 1 heterocycles. The first-order chi connectivity index (χ1) is 12.4. The number of benzene rings is 2. The van der Waals surface area contributed by atoms with Crippen LogP contribution in [-0.2, 0) is 15.4 Å². The minimum Gasteiger partial charge on any atom is -0.330 e. The maximum atomic E-state index is 12.9. The molecule has 0 unspecified atom stereocenters. The van der Waals surface area contributed by atoms with Crippen LogP contribution in [0.4, 0.5) is 5.69 Å². The van der Waals surface area contributed by atoms with Gasteiger partial charge in [0.2, 0.25) is 10.0 Å². The van der Waals surface area contributed by atoms with Crippen molar-refractivity contribution in [3.63, 3.8) is 0 Å². The lowest BCUT2D eigenvalue weighted by molar-refractivity contribution is -0.387. The van der Waals surface area contributed by atoms with Gasteiger partial charge in [0.15, 0.2) is 4.90 Å². The van der Waals surface area contributed by atoms with E-state index < -0.39 is 20.6 Å². The number of nitrogens with zero attached hydrogens (tertiary/aromatic N) is 2. The second-order valence-corrected chi connectivity index (χ2v) is 8.39. The van der Waals surface area contributed by atoms with Crippen molar-refractivity contribution in [2.24, 2.45) is 5.73 Å². The van der Waals surface area contributed by atoms with Gasteiger partial charge in [-0.3, -0.25) is 10.1 Å². The van der Waals surface area contributed by atoms with Gasteiger partial charge >= 0.3 is 0 Å². The van der Waals surface area contributed by atoms with Crippen LogP contribution >= 0.6 is 0 Å². The van der Waals surface area contributed by atoms with Crippen LogP contribution in [0.1, 0.15) is 18.4 Å². The number of rotatable bonds is 5. The van der Waals surface area contributed by atoms with Gasteiger partial charge in [0.1, 0.15) is 0 Å². The highest BCUT2D eigenvalue weighted by atomic mass is 32.2. The Balaban J connectivity index is 1.87. The summed E-state index contributed by atoms with van der Waals surface area (Å²) in [7, 11) is -3.93. The van der Waals surface area contributed by atoms with Crippen molar-refractivity contribution < 1.29 is 13.3 Å². The Hall–Kier alpha value is -2.29. The number of para-hydroxylation sites is 1. The third kappa shape index (κ3) is 3.23. The number of nitrogens with two attached hydrogens (primary N) is 1. The maximum Gasteiger partial charge on any atom is 0.289 e. The fraction of sp³-hybridized carbons (Fsp3) is 0.333. The van der Waals surface area contributed by atoms with E-state index in [2.05, 4.69) is 0 Å². The van der Waals surface area contributed by atoms with Gasteiger partial charge in [0, 0.05) is 31.1 Å². The molecule has 2 aromatic carbocycles. The van der Waals surface area contributed by atoms with E-state index in [9.17, 15) is 18.5 Å². The molecular formula is C18H21N3O4S. The van der Waals surface area contributed by atoms with Crippen molar-refractivity contribution in [2.45, 2.75) is 23.2 Å². The fourth-order valence-electron chi connectivity index (χ4n) is 3.52. The molecule has 1 aliphatic heterocycles. The zero-order valence-electron chi connectivity index (χ0n) is 14.2. The van der Waals surface area contributed by atoms with Crippen LogP contribution in [0.2, 0.25) is 0 Å². The van der Waals surface area contributed by atoms with Crippen LogP contribution in [0.5, 0.6) is 0 Å². The summed E-state index contributed by atoms with van der Waals surface area (Å²) >= 11 is 0. The van der Waals surface area contributed by atoms with E-state index in [-0.39, 0.29) is 23.4 Å². The van der Waals surface area contributed by atoms with Crippen molar-refractivity contribution in [3.8, 4) is 0 Å². The zero-order valence-corrected chi connectivity index (χ0v) is 15.1. The highest BCUT2D eigenvalue weighted by Gasteiger charge is 2.40. The van der Waals surface area contributed by atoms with E-state index in [0.29, 0.717) is 19.4 Å².